The Bertz CT molecular complexity index is 630. The SMILES string of the molecule is Cl.O=C(NCC1CCCNC1)C1CCCN1S(=O)(=O)c1cccs1. The summed E-state index contributed by atoms with van der Waals surface area (Å²) in [6, 6.07) is 2.75. The van der Waals surface area contributed by atoms with Crippen LogP contribution in [0.25, 0.3) is 0 Å². The van der Waals surface area contributed by atoms with E-state index in [-0.39, 0.29) is 18.3 Å². The molecule has 0 aliphatic carbocycles. The minimum atomic E-state index is -3.55. The van der Waals surface area contributed by atoms with Gasteiger partial charge < -0.3 is 10.6 Å². The van der Waals surface area contributed by atoms with E-state index >= 15 is 0 Å². The van der Waals surface area contributed by atoms with Gasteiger partial charge in [0.25, 0.3) is 10.0 Å². The van der Waals surface area contributed by atoms with Gasteiger partial charge in [-0.25, -0.2) is 8.42 Å². The third kappa shape index (κ3) is 4.29. The van der Waals surface area contributed by atoms with Crippen molar-refractivity contribution in [2.24, 2.45) is 5.92 Å². The molecule has 3 heterocycles. The van der Waals surface area contributed by atoms with Crippen LogP contribution in [0.2, 0.25) is 0 Å². The van der Waals surface area contributed by atoms with Crippen molar-refractivity contribution >= 4 is 39.7 Å². The van der Waals surface area contributed by atoms with E-state index in [0.717, 1.165) is 32.4 Å². The lowest BCUT2D eigenvalue weighted by atomic mass is 9.99. The second-order valence-corrected chi connectivity index (χ2v) is 9.23. The van der Waals surface area contributed by atoms with Gasteiger partial charge in [-0.15, -0.1) is 23.7 Å². The molecule has 2 aliphatic rings. The van der Waals surface area contributed by atoms with Gasteiger partial charge in [-0.05, 0) is 56.1 Å². The first-order chi connectivity index (χ1) is 11.1. The molecule has 0 radical (unpaired) electrons. The van der Waals surface area contributed by atoms with Gasteiger partial charge in [0.15, 0.2) is 0 Å². The summed E-state index contributed by atoms with van der Waals surface area (Å²) in [5.74, 6) is 0.282. The summed E-state index contributed by atoms with van der Waals surface area (Å²) in [6.07, 6.45) is 3.56. The van der Waals surface area contributed by atoms with Gasteiger partial charge >= 0.3 is 0 Å². The summed E-state index contributed by atoms with van der Waals surface area (Å²) < 4.78 is 27.0. The van der Waals surface area contributed by atoms with E-state index in [4.69, 9.17) is 0 Å². The molecule has 2 unspecified atom stereocenters. The van der Waals surface area contributed by atoms with Crippen molar-refractivity contribution in [2.75, 3.05) is 26.2 Å². The van der Waals surface area contributed by atoms with Gasteiger partial charge in [0.2, 0.25) is 5.91 Å². The van der Waals surface area contributed by atoms with E-state index < -0.39 is 16.1 Å². The van der Waals surface area contributed by atoms with Crippen molar-refractivity contribution in [3.8, 4) is 0 Å². The van der Waals surface area contributed by atoms with E-state index in [1.165, 1.54) is 15.6 Å². The number of nitrogens with zero attached hydrogens (tertiary/aromatic N) is 1. The molecule has 136 valence electrons. The summed E-state index contributed by atoms with van der Waals surface area (Å²) in [5.41, 5.74) is 0. The summed E-state index contributed by atoms with van der Waals surface area (Å²) in [7, 11) is -3.55. The predicted octanol–water partition coefficient (Wildman–Crippen LogP) is 1.44. The normalized spacial score (nSPS) is 25.2. The number of carbonyl (C=O) groups is 1. The van der Waals surface area contributed by atoms with Gasteiger partial charge in [0, 0.05) is 13.1 Å². The number of piperidine rings is 1. The molecule has 2 atom stereocenters. The lowest BCUT2D eigenvalue weighted by molar-refractivity contribution is -0.124. The molecule has 2 fully saturated rings. The Labute approximate surface area is 153 Å². The fourth-order valence-corrected chi connectivity index (χ4v) is 6.05. The highest BCUT2D eigenvalue weighted by molar-refractivity contribution is 7.91. The van der Waals surface area contributed by atoms with Crippen LogP contribution in [-0.4, -0.2) is 50.9 Å². The van der Waals surface area contributed by atoms with Gasteiger partial charge in [0.05, 0.1) is 0 Å². The summed E-state index contributed by atoms with van der Waals surface area (Å²) in [4.78, 5) is 12.5. The van der Waals surface area contributed by atoms with Crippen LogP contribution in [0.3, 0.4) is 0 Å². The number of halogens is 1. The molecule has 0 bridgehead atoms. The molecule has 2 aliphatic heterocycles. The Morgan fingerprint density at radius 2 is 2.21 bits per heavy atom. The Morgan fingerprint density at radius 1 is 1.38 bits per heavy atom. The Morgan fingerprint density at radius 3 is 2.88 bits per heavy atom. The van der Waals surface area contributed by atoms with Crippen LogP contribution >= 0.6 is 23.7 Å². The van der Waals surface area contributed by atoms with Crippen LogP contribution in [0, 0.1) is 5.92 Å². The summed E-state index contributed by atoms with van der Waals surface area (Å²) >= 11 is 1.20. The fourth-order valence-electron chi connectivity index (χ4n) is 3.28. The minimum absolute atomic E-state index is 0. The number of carbonyl (C=O) groups excluding carboxylic acids is 1. The van der Waals surface area contributed by atoms with Crippen molar-refractivity contribution < 1.29 is 13.2 Å². The quantitative estimate of drug-likeness (QED) is 0.793. The topological polar surface area (TPSA) is 78.5 Å². The maximum Gasteiger partial charge on any atom is 0.253 e. The van der Waals surface area contributed by atoms with E-state index in [2.05, 4.69) is 10.6 Å². The molecule has 1 aromatic heterocycles. The van der Waals surface area contributed by atoms with Crippen molar-refractivity contribution in [2.45, 2.75) is 35.9 Å². The van der Waals surface area contributed by atoms with Crippen molar-refractivity contribution in [1.29, 1.82) is 0 Å². The number of rotatable bonds is 5. The van der Waals surface area contributed by atoms with E-state index in [9.17, 15) is 13.2 Å². The first kappa shape index (κ1) is 19.7. The molecule has 0 spiro atoms. The van der Waals surface area contributed by atoms with E-state index in [0.29, 0.717) is 29.6 Å². The van der Waals surface area contributed by atoms with E-state index in [1.807, 2.05) is 0 Å². The Hall–Kier alpha value is -0.670. The number of nitrogens with one attached hydrogen (secondary N) is 2. The molecular weight excluding hydrogens is 370 g/mol. The predicted molar refractivity (Wildman–Crippen MR) is 97.1 cm³/mol. The number of amides is 1. The molecule has 6 nitrogen and oxygen atoms in total. The fraction of sp³-hybridized carbons (Fsp3) is 0.667. The first-order valence-electron chi connectivity index (χ1n) is 8.13. The molecule has 24 heavy (non-hydrogen) atoms. The first-order valence-corrected chi connectivity index (χ1v) is 10.4. The van der Waals surface area contributed by atoms with Crippen molar-refractivity contribution in [3.63, 3.8) is 0 Å². The number of thiophene rings is 1. The average Bonchev–Trinajstić information content (AvgIpc) is 3.25. The number of hydrogen-bond donors (Lipinski definition) is 2. The zero-order valence-electron chi connectivity index (χ0n) is 13.4. The van der Waals surface area contributed by atoms with Gasteiger partial charge in [-0.2, -0.15) is 4.31 Å². The van der Waals surface area contributed by atoms with Gasteiger partial charge in [-0.1, -0.05) is 6.07 Å². The van der Waals surface area contributed by atoms with E-state index in [1.54, 1.807) is 17.5 Å². The minimum Gasteiger partial charge on any atom is -0.354 e. The maximum atomic E-state index is 12.7. The molecule has 3 rings (SSSR count). The molecular formula is C15H24ClN3O3S2. The third-order valence-corrected chi connectivity index (χ3v) is 7.81. The second kappa shape index (κ2) is 8.62. The number of sulfonamides is 1. The maximum absolute atomic E-state index is 12.7. The summed E-state index contributed by atoms with van der Waals surface area (Å²) in [5, 5.41) is 8.03. The van der Waals surface area contributed by atoms with Crippen LogP contribution in [0.15, 0.2) is 21.7 Å². The van der Waals surface area contributed by atoms with Crippen LogP contribution in [-0.2, 0) is 14.8 Å². The standard InChI is InChI=1S/C15H23N3O3S2.ClH/c19-15(17-11-12-4-1-7-16-10-12)13-5-2-8-18(13)23(20,21)14-6-3-9-22-14;/h3,6,9,12-13,16H,1-2,4-5,7-8,10-11H2,(H,17,19);1H. The highest BCUT2D eigenvalue weighted by Gasteiger charge is 2.39. The molecule has 9 heteroatoms. The van der Waals surface area contributed by atoms with Crippen molar-refractivity contribution in [3.05, 3.63) is 17.5 Å². The number of hydrogen-bond acceptors (Lipinski definition) is 5. The van der Waals surface area contributed by atoms with Crippen LogP contribution in [0.1, 0.15) is 25.7 Å². The zero-order chi connectivity index (χ0) is 16.3. The highest BCUT2D eigenvalue weighted by atomic mass is 35.5. The monoisotopic (exact) mass is 393 g/mol. The second-order valence-electron chi connectivity index (χ2n) is 6.16. The van der Waals surface area contributed by atoms with Crippen LogP contribution in [0.5, 0.6) is 0 Å². The lowest BCUT2D eigenvalue weighted by Crippen LogP contribution is -2.47. The lowest BCUT2D eigenvalue weighted by Gasteiger charge is -2.26. The molecule has 2 N–H and O–H groups in total. The molecule has 1 aromatic rings. The largest absolute Gasteiger partial charge is 0.354 e. The molecule has 2 saturated heterocycles. The Balaban J connectivity index is 0.00000208. The zero-order valence-corrected chi connectivity index (χ0v) is 15.9. The van der Waals surface area contributed by atoms with Gasteiger partial charge in [-0.3, -0.25) is 4.79 Å². The highest BCUT2D eigenvalue weighted by Crippen LogP contribution is 2.28. The van der Waals surface area contributed by atoms with Crippen LogP contribution < -0.4 is 10.6 Å². The Kier molecular flexibility index (Phi) is 7.06. The average molecular weight is 394 g/mol. The third-order valence-electron chi connectivity index (χ3n) is 4.53. The van der Waals surface area contributed by atoms with Gasteiger partial charge in [0.1, 0.15) is 10.3 Å². The molecule has 0 saturated carbocycles. The van der Waals surface area contributed by atoms with Crippen LogP contribution in [0.4, 0.5) is 0 Å². The molecule has 0 aromatic carbocycles. The molecule has 1 amide bonds. The summed E-state index contributed by atoms with van der Waals surface area (Å²) in [6.45, 7) is 3.00. The van der Waals surface area contributed by atoms with Crippen molar-refractivity contribution in [1.82, 2.24) is 14.9 Å². The smallest absolute Gasteiger partial charge is 0.253 e.